The van der Waals surface area contributed by atoms with Gasteiger partial charge in [0.1, 0.15) is 5.75 Å². The minimum atomic E-state index is -0.170. The molecule has 1 aliphatic heterocycles. The van der Waals surface area contributed by atoms with Gasteiger partial charge in [-0.1, -0.05) is 31.9 Å². The average molecular weight is 394 g/mol. The smallest absolute Gasteiger partial charge is 0.265 e. The molecule has 0 fully saturated rings. The second-order valence-corrected chi connectivity index (χ2v) is 7.17. The molecule has 0 unspecified atom stereocenters. The van der Waals surface area contributed by atoms with Crippen molar-refractivity contribution in [3.63, 3.8) is 0 Å². The number of amides is 2. The lowest BCUT2D eigenvalue weighted by molar-refractivity contribution is -0.121. The third-order valence-corrected chi connectivity index (χ3v) is 4.93. The molecular formula is C23H26N2O4. The zero-order valence-electron chi connectivity index (χ0n) is 16.9. The number of ketones is 1. The Morgan fingerprint density at radius 2 is 1.79 bits per heavy atom. The van der Waals surface area contributed by atoms with E-state index in [0.717, 1.165) is 24.8 Å². The fraction of sp³-hybridized carbons (Fsp3) is 0.348. The number of Topliss-reactive ketones (excluding diaryl/α,β-unsaturated/α-hetero) is 1. The van der Waals surface area contributed by atoms with Crippen LogP contribution in [0.3, 0.4) is 0 Å². The third kappa shape index (κ3) is 5.02. The molecular weight excluding hydrogens is 368 g/mol. The predicted molar refractivity (Wildman–Crippen MR) is 111 cm³/mol. The van der Waals surface area contributed by atoms with Gasteiger partial charge in [0.15, 0.2) is 12.4 Å². The van der Waals surface area contributed by atoms with Crippen LogP contribution in [0.15, 0.2) is 42.5 Å². The zero-order valence-corrected chi connectivity index (χ0v) is 16.9. The standard InChI is InChI=1S/C23H26N2O4/c1-3-4-5-12-24-23(28)18-8-6-17(7-9-18)14-25-20-13-19(16(2)26)10-11-21(20)29-15-22(25)27/h6-11,13H,3-5,12,14-15H2,1-2H3,(H,24,28). The van der Waals surface area contributed by atoms with Crippen molar-refractivity contribution in [3.8, 4) is 5.75 Å². The quantitative estimate of drug-likeness (QED) is 0.547. The Morgan fingerprint density at radius 3 is 2.48 bits per heavy atom. The van der Waals surface area contributed by atoms with Crippen molar-refractivity contribution in [1.29, 1.82) is 0 Å². The van der Waals surface area contributed by atoms with Gasteiger partial charge in [0.25, 0.3) is 11.8 Å². The molecule has 6 heteroatoms. The van der Waals surface area contributed by atoms with Crippen LogP contribution in [-0.4, -0.2) is 30.7 Å². The monoisotopic (exact) mass is 394 g/mol. The molecule has 6 nitrogen and oxygen atoms in total. The second-order valence-electron chi connectivity index (χ2n) is 7.17. The Morgan fingerprint density at radius 1 is 1.07 bits per heavy atom. The fourth-order valence-corrected chi connectivity index (χ4v) is 3.22. The summed E-state index contributed by atoms with van der Waals surface area (Å²) in [6, 6.07) is 12.3. The van der Waals surface area contributed by atoms with Gasteiger partial charge < -0.3 is 15.0 Å². The summed E-state index contributed by atoms with van der Waals surface area (Å²) in [5, 5.41) is 2.92. The maximum atomic E-state index is 12.4. The number of benzene rings is 2. The molecule has 0 radical (unpaired) electrons. The van der Waals surface area contributed by atoms with E-state index in [0.29, 0.717) is 35.7 Å². The number of carbonyl (C=O) groups excluding carboxylic acids is 3. The lowest BCUT2D eigenvalue weighted by Crippen LogP contribution is -2.38. The van der Waals surface area contributed by atoms with Crippen molar-refractivity contribution in [2.45, 2.75) is 39.7 Å². The Balaban J connectivity index is 1.72. The molecule has 2 amide bonds. The lowest BCUT2D eigenvalue weighted by Gasteiger charge is -2.29. The summed E-state index contributed by atoms with van der Waals surface area (Å²) >= 11 is 0. The molecule has 0 spiro atoms. The molecule has 3 rings (SSSR count). The number of ether oxygens (including phenoxy) is 1. The molecule has 0 saturated carbocycles. The number of unbranched alkanes of at least 4 members (excludes halogenated alkanes) is 2. The number of carbonyl (C=O) groups is 3. The number of anilines is 1. The zero-order chi connectivity index (χ0) is 20.8. The van der Waals surface area contributed by atoms with Gasteiger partial charge in [-0.2, -0.15) is 0 Å². The molecule has 0 aromatic heterocycles. The highest BCUT2D eigenvalue weighted by molar-refractivity contribution is 6.01. The van der Waals surface area contributed by atoms with Crippen LogP contribution < -0.4 is 15.0 Å². The third-order valence-electron chi connectivity index (χ3n) is 4.93. The average Bonchev–Trinajstić information content (AvgIpc) is 2.73. The van der Waals surface area contributed by atoms with Crippen molar-refractivity contribution < 1.29 is 19.1 Å². The van der Waals surface area contributed by atoms with Gasteiger partial charge in [-0.3, -0.25) is 14.4 Å². The normalized spacial score (nSPS) is 12.9. The van der Waals surface area contributed by atoms with Crippen LogP contribution in [0.1, 0.15) is 59.4 Å². The van der Waals surface area contributed by atoms with E-state index in [1.165, 1.54) is 6.92 Å². The molecule has 1 heterocycles. The van der Waals surface area contributed by atoms with Crippen molar-refractivity contribution in [3.05, 3.63) is 59.2 Å². The van der Waals surface area contributed by atoms with E-state index in [2.05, 4.69) is 12.2 Å². The SMILES string of the molecule is CCCCCNC(=O)c1ccc(CN2C(=O)COc3ccc(C(C)=O)cc32)cc1. The summed E-state index contributed by atoms with van der Waals surface area (Å²) in [6.07, 6.45) is 3.18. The number of fused-ring (bicyclic) bond motifs is 1. The molecule has 1 N–H and O–H groups in total. The van der Waals surface area contributed by atoms with Crippen molar-refractivity contribution in [2.24, 2.45) is 0 Å². The highest BCUT2D eigenvalue weighted by Gasteiger charge is 2.26. The van der Waals surface area contributed by atoms with Crippen LogP contribution in [-0.2, 0) is 11.3 Å². The van der Waals surface area contributed by atoms with E-state index in [-0.39, 0.29) is 24.2 Å². The molecule has 0 saturated heterocycles. The van der Waals surface area contributed by atoms with Crippen LogP contribution >= 0.6 is 0 Å². The predicted octanol–water partition coefficient (Wildman–Crippen LogP) is 3.73. The number of hydrogen-bond acceptors (Lipinski definition) is 4. The van der Waals surface area contributed by atoms with E-state index in [1.807, 2.05) is 12.1 Å². The number of nitrogens with zero attached hydrogens (tertiary/aromatic N) is 1. The molecule has 29 heavy (non-hydrogen) atoms. The summed E-state index contributed by atoms with van der Waals surface area (Å²) in [4.78, 5) is 38.0. The van der Waals surface area contributed by atoms with Gasteiger partial charge in [-0.15, -0.1) is 0 Å². The first-order valence-corrected chi connectivity index (χ1v) is 9.95. The van der Waals surface area contributed by atoms with Gasteiger partial charge >= 0.3 is 0 Å². The highest BCUT2D eigenvalue weighted by atomic mass is 16.5. The van der Waals surface area contributed by atoms with Crippen molar-refractivity contribution >= 4 is 23.3 Å². The fourth-order valence-electron chi connectivity index (χ4n) is 3.22. The van der Waals surface area contributed by atoms with Gasteiger partial charge in [0, 0.05) is 17.7 Å². The van der Waals surface area contributed by atoms with Gasteiger partial charge in [0.2, 0.25) is 0 Å². The van der Waals surface area contributed by atoms with Gasteiger partial charge in [-0.05, 0) is 49.2 Å². The molecule has 152 valence electrons. The van der Waals surface area contributed by atoms with Gasteiger partial charge in [0.05, 0.1) is 12.2 Å². The second kappa shape index (κ2) is 9.37. The summed E-state index contributed by atoms with van der Waals surface area (Å²) in [5.74, 6) is 0.250. The van der Waals surface area contributed by atoms with Crippen LogP contribution in [0.4, 0.5) is 5.69 Å². The molecule has 0 atom stereocenters. The topological polar surface area (TPSA) is 75.7 Å². The molecule has 0 aliphatic carbocycles. The largest absolute Gasteiger partial charge is 0.482 e. The Hall–Kier alpha value is -3.15. The van der Waals surface area contributed by atoms with E-state index in [9.17, 15) is 14.4 Å². The van der Waals surface area contributed by atoms with E-state index < -0.39 is 0 Å². The molecule has 2 aromatic carbocycles. The van der Waals surface area contributed by atoms with Crippen molar-refractivity contribution in [2.75, 3.05) is 18.1 Å². The summed E-state index contributed by atoms with van der Waals surface area (Å²) in [7, 11) is 0. The van der Waals surface area contributed by atoms with Crippen LogP contribution in [0.25, 0.3) is 0 Å². The summed E-state index contributed by atoms with van der Waals surface area (Å²) in [6.45, 7) is 4.59. The molecule has 2 aromatic rings. The Labute approximate surface area is 170 Å². The first-order chi connectivity index (χ1) is 14.0. The first-order valence-electron chi connectivity index (χ1n) is 9.95. The Kier molecular flexibility index (Phi) is 6.65. The lowest BCUT2D eigenvalue weighted by atomic mass is 10.1. The first kappa shape index (κ1) is 20.6. The van der Waals surface area contributed by atoms with E-state index in [4.69, 9.17) is 4.74 Å². The number of rotatable bonds is 8. The Bertz CT molecular complexity index is 906. The van der Waals surface area contributed by atoms with E-state index in [1.54, 1.807) is 35.2 Å². The van der Waals surface area contributed by atoms with Crippen LogP contribution in [0.2, 0.25) is 0 Å². The summed E-state index contributed by atoms with van der Waals surface area (Å²) in [5.41, 5.74) is 2.61. The van der Waals surface area contributed by atoms with Crippen LogP contribution in [0.5, 0.6) is 5.75 Å². The van der Waals surface area contributed by atoms with Crippen LogP contribution in [0, 0.1) is 0 Å². The minimum Gasteiger partial charge on any atom is -0.482 e. The molecule has 1 aliphatic rings. The van der Waals surface area contributed by atoms with Crippen molar-refractivity contribution in [1.82, 2.24) is 5.32 Å². The highest BCUT2D eigenvalue weighted by Crippen LogP contribution is 2.34. The number of hydrogen-bond donors (Lipinski definition) is 1. The van der Waals surface area contributed by atoms with Gasteiger partial charge in [-0.25, -0.2) is 0 Å². The maximum Gasteiger partial charge on any atom is 0.265 e. The maximum absolute atomic E-state index is 12.4. The molecule has 0 bridgehead atoms. The van der Waals surface area contributed by atoms with E-state index >= 15 is 0 Å². The summed E-state index contributed by atoms with van der Waals surface area (Å²) < 4.78 is 5.49. The minimum absolute atomic E-state index is 0.0370. The number of nitrogens with one attached hydrogen (secondary N) is 1.